The third kappa shape index (κ3) is 3.96. The van der Waals surface area contributed by atoms with Gasteiger partial charge in [-0.05, 0) is 36.4 Å². The van der Waals surface area contributed by atoms with Gasteiger partial charge < -0.3 is 14.7 Å². The number of aliphatic hydroxyl groups is 1. The van der Waals surface area contributed by atoms with E-state index >= 15 is 0 Å². The third-order valence-electron chi connectivity index (χ3n) is 4.06. The van der Waals surface area contributed by atoms with Crippen LogP contribution in [0.1, 0.15) is 16.1 Å². The Morgan fingerprint density at radius 3 is 2.77 bits per heavy atom. The van der Waals surface area contributed by atoms with Crippen molar-refractivity contribution in [2.24, 2.45) is 10.2 Å². The van der Waals surface area contributed by atoms with E-state index in [0.29, 0.717) is 22.2 Å². The lowest BCUT2D eigenvalue weighted by Gasteiger charge is -2.17. The summed E-state index contributed by atoms with van der Waals surface area (Å²) in [4.78, 5) is 21.5. The minimum atomic E-state index is -0.579. The molecular weight excluding hydrogens is 430 g/mol. The second-order valence-electron chi connectivity index (χ2n) is 5.88. The number of hydrazine groups is 1. The predicted octanol–water partition coefficient (Wildman–Crippen LogP) is 4.87. The van der Waals surface area contributed by atoms with Crippen molar-refractivity contribution in [3.8, 4) is 5.75 Å². The van der Waals surface area contributed by atoms with Crippen molar-refractivity contribution >= 4 is 45.4 Å². The quantitative estimate of drug-likeness (QED) is 0.541. The number of azo groups is 1. The van der Waals surface area contributed by atoms with E-state index in [1.165, 1.54) is 5.01 Å². The van der Waals surface area contributed by atoms with Crippen molar-refractivity contribution in [1.29, 1.82) is 0 Å². The molecule has 1 aromatic heterocycles. The monoisotopic (exact) mass is 443 g/mol. The Balaban J connectivity index is 1.55. The molecule has 0 saturated carbocycles. The maximum absolute atomic E-state index is 12.2. The van der Waals surface area contributed by atoms with E-state index in [0.717, 1.165) is 11.3 Å². The summed E-state index contributed by atoms with van der Waals surface area (Å²) < 4.78 is 5.15. The van der Waals surface area contributed by atoms with E-state index in [4.69, 9.17) is 21.2 Å². The van der Waals surface area contributed by atoms with Crippen molar-refractivity contribution in [3.05, 3.63) is 76.1 Å². The second kappa shape index (κ2) is 8.49. The Labute approximate surface area is 179 Å². The van der Waals surface area contributed by atoms with Crippen LogP contribution in [0.2, 0.25) is 5.02 Å². The van der Waals surface area contributed by atoms with Gasteiger partial charge >= 0.3 is 5.95 Å². The van der Waals surface area contributed by atoms with Gasteiger partial charge in [0.1, 0.15) is 11.4 Å². The van der Waals surface area contributed by atoms with Gasteiger partial charge in [0.25, 0.3) is 5.91 Å². The van der Waals surface area contributed by atoms with Gasteiger partial charge in [-0.25, -0.2) is 9.99 Å². The van der Waals surface area contributed by atoms with Gasteiger partial charge in [-0.3, -0.25) is 4.79 Å². The molecule has 0 bridgehead atoms. The average molecular weight is 444 g/mol. The lowest BCUT2D eigenvalue weighted by atomic mass is 10.2. The Bertz CT molecular complexity index is 1150. The van der Waals surface area contributed by atoms with E-state index in [-0.39, 0.29) is 22.3 Å². The van der Waals surface area contributed by atoms with Crippen LogP contribution in [0.3, 0.4) is 0 Å². The zero-order chi connectivity index (χ0) is 21.1. The highest BCUT2D eigenvalue weighted by Crippen LogP contribution is 2.34. The number of halogens is 1. The number of carbonyl (C=O) groups excluding carboxylic acids is 1. The first-order valence-corrected chi connectivity index (χ1v) is 9.79. The molecule has 0 fully saturated rings. The van der Waals surface area contributed by atoms with Crippen LogP contribution in [0.4, 0.5) is 10.8 Å². The summed E-state index contributed by atoms with van der Waals surface area (Å²) in [5.74, 6) is -0.245. The summed E-state index contributed by atoms with van der Waals surface area (Å²) in [6.45, 7) is 0. The van der Waals surface area contributed by atoms with Crippen molar-refractivity contribution in [1.82, 2.24) is 10.6 Å². The molecule has 2 aromatic carbocycles. The van der Waals surface area contributed by atoms with Gasteiger partial charge in [-0.1, -0.05) is 29.3 Å². The van der Waals surface area contributed by atoms with Gasteiger partial charge in [0.05, 0.1) is 23.4 Å². The van der Waals surface area contributed by atoms with Crippen LogP contribution in [-0.4, -0.2) is 23.1 Å². The normalized spacial score (nSPS) is 13.7. The molecule has 0 saturated heterocycles. The number of benzene rings is 2. The third-order valence-corrected chi connectivity index (χ3v) is 5.11. The highest BCUT2D eigenvalue weighted by Gasteiger charge is 2.29. The lowest BCUT2D eigenvalue weighted by Crippen LogP contribution is -2.30. The molecule has 0 aliphatic carbocycles. The molecular formula is C19H14ClN5O4S. The number of hydrogen-bond acceptors (Lipinski definition) is 9. The maximum Gasteiger partial charge on any atom is 0.327 e. The Morgan fingerprint density at radius 1 is 1.27 bits per heavy atom. The fraction of sp³-hybridized carbons (Fsp3) is 0.0526. The van der Waals surface area contributed by atoms with Crippen molar-refractivity contribution in [2.75, 3.05) is 12.1 Å². The number of rotatable bonds is 5. The maximum atomic E-state index is 12.2. The number of thiazole rings is 1. The molecule has 0 atom stereocenters. The summed E-state index contributed by atoms with van der Waals surface area (Å²) in [5, 5.41) is 21.4. The molecule has 30 heavy (non-hydrogen) atoms. The molecule has 9 nitrogen and oxygen atoms in total. The zero-order valence-electron chi connectivity index (χ0n) is 15.4. The minimum absolute atomic E-state index is 0.229. The summed E-state index contributed by atoms with van der Waals surface area (Å²) in [5.41, 5.74) is 4.21. The number of nitrogens with one attached hydrogen (secondary N) is 1. The number of methoxy groups -OCH3 is 1. The number of amides is 1. The second-order valence-corrected chi connectivity index (χ2v) is 7.12. The summed E-state index contributed by atoms with van der Waals surface area (Å²) in [6, 6.07) is 13.7. The number of hydrogen-bond donors (Lipinski definition) is 2. The van der Waals surface area contributed by atoms with Crippen molar-refractivity contribution in [2.45, 2.75) is 0 Å². The Morgan fingerprint density at radius 2 is 2.03 bits per heavy atom. The van der Waals surface area contributed by atoms with E-state index in [1.54, 1.807) is 61.0 Å². The smallest absolute Gasteiger partial charge is 0.327 e. The zero-order valence-corrected chi connectivity index (χ0v) is 17.0. The minimum Gasteiger partial charge on any atom is -0.497 e. The SMILES string of the molecule is COc1ccc(N2NOC(O)=C2c2csc(N=NC(=O)c3ccccc3Cl)n2)cc1. The fourth-order valence-electron chi connectivity index (χ4n) is 2.61. The van der Waals surface area contributed by atoms with Gasteiger partial charge in [-0.2, -0.15) is 0 Å². The van der Waals surface area contributed by atoms with E-state index in [2.05, 4.69) is 20.8 Å². The van der Waals surface area contributed by atoms with Crippen molar-refractivity contribution in [3.63, 3.8) is 0 Å². The first-order chi connectivity index (χ1) is 14.6. The number of nitrogens with zero attached hydrogens (tertiary/aromatic N) is 4. The molecule has 2 N–H and O–H groups in total. The molecule has 3 aromatic rings. The topological polar surface area (TPSA) is 109 Å². The van der Waals surface area contributed by atoms with E-state index < -0.39 is 5.91 Å². The molecule has 0 spiro atoms. The Hall–Kier alpha value is -3.47. The standard InChI is InChI=1S/C19H14ClN5O4S/c1-28-12-8-6-11(7-9-12)25-16(18(27)29-24-25)15-10-30-19(21-15)23-22-17(26)13-4-2-3-5-14(13)20/h2-10,24,27H,1H3. The first-order valence-electron chi connectivity index (χ1n) is 8.53. The molecule has 11 heteroatoms. The van der Waals surface area contributed by atoms with E-state index in [9.17, 15) is 9.90 Å². The summed E-state index contributed by atoms with van der Waals surface area (Å²) >= 11 is 7.15. The number of aliphatic hydroxyl groups excluding tert-OH is 1. The number of carbonyl (C=O) groups is 1. The van der Waals surface area contributed by atoms with Crippen LogP contribution in [0.25, 0.3) is 5.70 Å². The molecule has 1 aliphatic heterocycles. The number of ether oxygens (including phenoxy) is 1. The van der Waals surface area contributed by atoms with Crippen molar-refractivity contribution < 1.29 is 19.5 Å². The molecule has 0 unspecified atom stereocenters. The van der Waals surface area contributed by atoms with Gasteiger partial charge in [0.2, 0.25) is 5.13 Å². The molecule has 4 rings (SSSR count). The predicted molar refractivity (Wildman–Crippen MR) is 112 cm³/mol. The van der Waals surface area contributed by atoms with Gasteiger partial charge in [0, 0.05) is 5.38 Å². The molecule has 0 radical (unpaired) electrons. The first kappa shape index (κ1) is 19.8. The van der Waals surface area contributed by atoms with Crippen LogP contribution >= 0.6 is 22.9 Å². The van der Waals surface area contributed by atoms with Crippen LogP contribution in [0.15, 0.2) is 70.1 Å². The molecule has 1 aliphatic rings. The Kier molecular flexibility index (Phi) is 5.61. The highest BCUT2D eigenvalue weighted by molar-refractivity contribution is 7.13. The largest absolute Gasteiger partial charge is 0.497 e. The van der Waals surface area contributed by atoms with Gasteiger partial charge in [-0.15, -0.1) is 21.6 Å². The lowest BCUT2D eigenvalue weighted by molar-refractivity contribution is 0.0461. The number of aromatic nitrogens is 1. The highest BCUT2D eigenvalue weighted by atomic mass is 35.5. The fourth-order valence-corrected chi connectivity index (χ4v) is 3.45. The van der Waals surface area contributed by atoms with Gasteiger partial charge in [0.15, 0.2) is 5.70 Å². The molecule has 2 heterocycles. The van der Waals surface area contributed by atoms with Crippen LogP contribution in [0, 0.1) is 0 Å². The van der Waals surface area contributed by atoms with Crippen LogP contribution in [-0.2, 0) is 4.84 Å². The summed E-state index contributed by atoms with van der Waals surface area (Å²) in [6.07, 6.45) is 0. The molecule has 152 valence electrons. The van der Waals surface area contributed by atoms with Crippen LogP contribution in [0.5, 0.6) is 5.75 Å². The average Bonchev–Trinajstić information content (AvgIpc) is 3.38. The number of anilines is 1. The summed E-state index contributed by atoms with van der Waals surface area (Å²) in [7, 11) is 1.57. The van der Waals surface area contributed by atoms with E-state index in [1.807, 2.05) is 0 Å². The molecule has 1 amide bonds. The van der Waals surface area contributed by atoms with Crippen LogP contribution < -0.4 is 15.3 Å².